The summed E-state index contributed by atoms with van der Waals surface area (Å²) in [6, 6.07) is 14.2. The molecule has 0 aliphatic heterocycles. The van der Waals surface area contributed by atoms with Gasteiger partial charge in [-0.25, -0.2) is 0 Å². The minimum absolute atomic E-state index is 0.0666. The summed E-state index contributed by atoms with van der Waals surface area (Å²) in [6.45, 7) is 2.07. The Morgan fingerprint density at radius 1 is 1.14 bits per heavy atom. The monoisotopic (exact) mass is 417 g/mol. The van der Waals surface area contributed by atoms with Gasteiger partial charge in [0.25, 0.3) is 5.69 Å². The Labute approximate surface area is 172 Å². The highest BCUT2D eigenvalue weighted by molar-refractivity contribution is 7.98. The fourth-order valence-electron chi connectivity index (χ4n) is 2.57. The quantitative estimate of drug-likeness (QED) is 0.314. The minimum Gasteiger partial charge on any atom is -0.300 e. The first-order valence-electron chi connectivity index (χ1n) is 8.60. The lowest BCUT2D eigenvalue weighted by Gasteiger charge is -2.20. The standard InChI is InChI=1S/C19H20ClN5O2S/c1-13(23(2)3)18-21-22-19(24(18)16-10-6-15(20)7-11-16)28-12-14-4-8-17(9-5-14)25(26)27/h4-11,13H,12H2,1-3H3. The largest absolute Gasteiger partial charge is 0.300 e. The van der Waals surface area contributed by atoms with Gasteiger partial charge in [0.1, 0.15) is 0 Å². The third-order valence-electron chi connectivity index (χ3n) is 4.41. The number of aromatic nitrogens is 3. The molecule has 0 amide bonds. The van der Waals surface area contributed by atoms with Crippen LogP contribution in [0, 0.1) is 10.1 Å². The predicted octanol–water partition coefficient (Wildman–Crippen LogP) is 4.74. The maximum absolute atomic E-state index is 10.8. The van der Waals surface area contributed by atoms with Gasteiger partial charge in [0.05, 0.1) is 11.0 Å². The first kappa shape index (κ1) is 20.3. The Kier molecular flexibility index (Phi) is 6.33. The average molecular weight is 418 g/mol. The lowest BCUT2D eigenvalue weighted by Crippen LogP contribution is -2.20. The Bertz CT molecular complexity index is 957. The van der Waals surface area contributed by atoms with Gasteiger partial charge in [-0.05, 0) is 50.8 Å². The Morgan fingerprint density at radius 2 is 1.79 bits per heavy atom. The SMILES string of the molecule is CC(c1nnc(SCc2ccc([N+](=O)[O-])cc2)n1-c1ccc(Cl)cc1)N(C)C. The van der Waals surface area contributed by atoms with Crippen molar-refractivity contribution >= 4 is 29.1 Å². The molecule has 1 atom stereocenters. The zero-order chi connectivity index (χ0) is 20.3. The van der Waals surface area contributed by atoms with E-state index in [1.54, 1.807) is 12.1 Å². The van der Waals surface area contributed by atoms with Crippen molar-refractivity contribution in [1.29, 1.82) is 0 Å². The van der Waals surface area contributed by atoms with Crippen LogP contribution in [0.3, 0.4) is 0 Å². The zero-order valence-corrected chi connectivity index (χ0v) is 17.3. The van der Waals surface area contributed by atoms with Crippen LogP contribution >= 0.6 is 23.4 Å². The van der Waals surface area contributed by atoms with Crippen LogP contribution in [0.15, 0.2) is 53.7 Å². The van der Waals surface area contributed by atoms with E-state index in [1.807, 2.05) is 42.9 Å². The number of hydrogen-bond donors (Lipinski definition) is 0. The van der Waals surface area contributed by atoms with E-state index in [0.717, 1.165) is 22.2 Å². The summed E-state index contributed by atoms with van der Waals surface area (Å²) in [4.78, 5) is 12.5. The van der Waals surface area contributed by atoms with Crippen molar-refractivity contribution in [1.82, 2.24) is 19.7 Å². The van der Waals surface area contributed by atoms with E-state index in [0.29, 0.717) is 10.8 Å². The van der Waals surface area contributed by atoms with E-state index < -0.39 is 4.92 Å². The summed E-state index contributed by atoms with van der Waals surface area (Å²) in [6.07, 6.45) is 0. The maximum atomic E-state index is 10.8. The predicted molar refractivity (Wildman–Crippen MR) is 111 cm³/mol. The second kappa shape index (κ2) is 8.72. The van der Waals surface area contributed by atoms with Crippen LogP contribution in [-0.4, -0.2) is 38.7 Å². The number of hydrogen-bond acceptors (Lipinski definition) is 6. The number of thioether (sulfide) groups is 1. The highest BCUT2D eigenvalue weighted by Gasteiger charge is 2.21. The number of nitrogens with zero attached hydrogens (tertiary/aromatic N) is 5. The first-order chi connectivity index (χ1) is 13.4. The highest BCUT2D eigenvalue weighted by Crippen LogP contribution is 2.29. The summed E-state index contributed by atoms with van der Waals surface area (Å²) in [7, 11) is 3.99. The van der Waals surface area contributed by atoms with E-state index >= 15 is 0 Å². The molecule has 0 aliphatic carbocycles. The molecule has 2 aromatic carbocycles. The van der Waals surface area contributed by atoms with Gasteiger partial charge in [0, 0.05) is 28.6 Å². The molecule has 3 rings (SSSR count). The molecular formula is C19H20ClN5O2S. The summed E-state index contributed by atoms with van der Waals surface area (Å²) in [5.74, 6) is 1.46. The normalized spacial score (nSPS) is 12.3. The Balaban J connectivity index is 1.89. The molecule has 0 saturated heterocycles. The molecule has 1 unspecified atom stereocenters. The Morgan fingerprint density at radius 3 is 2.36 bits per heavy atom. The molecule has 0 spiro atoms. The molecule has 0 saturated carbocycles. The van der Waals surface area contributed by atoms with Gasteiger partial charge in [-0.3, -0.25) is 19.6 Å². The van der Waals surface area contributed by atoms with Crippen molar-refractivity contribution < 1.29 is 4.92 Å². The molecule has 1 aromatic heterocycles. The maximum Gasteiger partial charge on any atom is 0.269 e. The van der Waals surface area contributed by atoms with Crippen LogP contribution in [0.4, 0.5) is 5.69 Å². The van der Waals surface area contributed by atoms with Gasteiger partial charge in [-0.2, -0.15) is 0 Å². The van der Waals surface area contributed by atoms with Crippen molar-refractivity contribution in [3.05, 3.63) is 75.1 Å². The molecule has 1 heterocycles. The average Bonchev–Trinajstić information content (AvgIpc) is 3.10. The van der Waals surface area contributed by atoms with Crippen molar-refractivity contribution in [3.63, 3.8) is 0 Å². The summed E-state index contributed by atoms with van der Waals surface area (Å²) >= 11 is 7.57. The second-order valence-corrected chi connectivity index (χ2v) is 7.88. The number of halogens is 1. The zero-order valence-electron chi connectivity index (χ0n) is 15.7. The van der Waals surface area contributed by atoms with E-state index in [2.05, 4.69) is 22.0 Å². The molecule has 0 radical (unpaired) electrons. The van der Waals surface area contributed by atoms with Gasteiger partial charge < -0.3 is 0 Å². The lowest BCUT2D eigenvalue weighted by atomic mass is 10.2. The van der Waals surface area contributed by atoms with Crippen molar-refractivity contribution in [2.45, 2.75) is 23.9 Å². The van der Waals surface area contributed by atoms with Gasteiger partial charge in [0.15, 0.2) is 11.0 Å². The van der Waals surface area contributed by atoms with Crippen LogP contribution in [0.2, 0.25) is 5.02 Å². The molecule has 28 heavy (non-hydrogen) atoms. The van der Waals surface area contributed by atoms with Crippen LogP contribution in [0.5, 0.6) is 0 Å². The van der Waals surface area contributed by atoms with Crippen molar-refractivity contribution in [3.8, 4) is 5.69 Å². The van der Waals surface area contributed by atoms with Gasteiger partial charge in [-0.15, -0.1) is 10.2 Å². The van der Waals surface area contributed by atoms with E-state index in [-0.39, 0.29) is 11.7 Å². The van der Waals surface area contributed by atoms with Gasteiger partial charge in [0.2, 0.25) is 0 Å². The first-order valence-corrected chi connectivity index (χ1v) is 9.97. The smallest absolute Gasteiger partial charge is 0.269 e. The fourth-order valence-corrected chi connectivity index (χ4v) is 3.61. The van der Waals surface area contributed by atoms with Gasteiger partial charge >= 0.3 is 0 Å². The molecule has 0 fully saturated rings. The lowest BCUT2D eigenvalue weighted by molar-refractivity contribution is -0.384. The number of benzene rings is 2. The Hall–Kier alpha value is -2.42. The van der Waals surface area contributed by atoms with E-state index in [4.69, 9.17) is 11.6 Å². The third-order valence-corrected chi connectivity index (χ3v) is 5.66. The minimum atomic E-state index is -0.400. The second-order valence-electron chi connectivity index (χ2n) is 6.50. The van der Waals surface area contributed by atoms with E-state index in [9.17, 15) is 10.1 Å². The van der Waals surface area contributed by atoms with Crippen LogP contribution in [0.25, 0.3) is 5.69 Å². The third kappa shape index (κ3) is 4.52. The number of non-ortho nitro benzene ring substituents is 1. The topological polar surface area (TPSA) is 77.1 Å². The van der Waals surface area contributed by atoms with Crippen molar-refractivity contribution in [2.75, 3.05) is 14.1 Å². The molecule has 9 heteroatoms. The molecule has 146 valence electrons. The van der Waals surface area contributed by atoms with Crippen LogP contribution in [-0.2, 0) is 5.75 Å². The number of rotatable bonds is 7. The number of nitro groups is 1. The molecule has 0 aliphatic rings. The molecule has 7 nitrogen and oxygen atoms in total. The summed E-state index contributed by atoms with van der Waals surface area (Å²) < 4.78 is 2.02. The van der Waals surface area contributed by atoms with Gasteiger partial charge in [-0.1, -0.05) is 35.5 Å². The molecule has 0 N–H and O–H groups in total. The molecular weight excluding hydrogens is 398 g/mol. The van der Waals surface area contributed by atoms with Crippen molar-refractivity contribution in [2.24, 2.45) is 0 Å². The molecule has 3 aromatic rings. The van der Waals surface area contributed by atoms with Crippen LogP contribution < -0.4 is 0 Å². The fraction of sp³-hybridized carbons (Fsp3) is 0.263. The number of nitro benzene ring substituents is 1. The highest BCUT2D eigenvalue weighted by atomic mass is 35.5. The molecule has 0 bridgehead atoms. The van der Waals surface area contributed by atoms with E-state index in [1.165, 1.54) is 23.9 Å². The summed E-state index contributed by atoms with van der Waals surface area (Å²) in [5, 5.41) is 21.0. The summed E-state index contributed by atoms with van der Waals surface area (Å²) in [5.41, 5.74) is 1.99. The van der Waals surface area contributed by atoms with Crippen LogP contribution in [0.1, 0.15) is 24.4 Å².